The fourth-order valence-corrected chi connectivity index (χ4v) is 2.20. The minimum Gasteiger partial charge on any atom is -0.494 e. The van der Waals surface area contributed by atoms with Crippen molar-refractivity contribution >= 4 is 5.97 Å². The normalized spacial score (nSPS) is 16.4. The molecule has 98 valence electrons. The zero-order chi connectivity index (χ0) is 13.3. The summed E-state index contributed by atoms with van der Waals surface area (Å²) in [5.74, 6) is -1.35. The predicted molar refractivity (Wildman–Crippen MR) is 62.2 cm³/mol. The van der Waals surface area contributed by atoms with Gasteiger partial charge in [0.2, 0.25) is 0 Å². The van der Waals surface area contributed by atoms with Crippen molar-refractivity contribution in [1.29, 1.82) is 0 Å². The third kappa shape index (κ3) is 1.95. The zero-order valence-corrected chi connectivity index (χ0v) is 10.3. The Bertz CT molecular complexity index is 480. The van der Waals surface area contributed by atoms with Gasteiger partial charge in [0.25, 0.3) is 0 Å². The van der Waals surface area contributed by atoms with Crippen LogP contribution in [0.1, 0.15) is 24.0 Å². The molecule has 0 aromatic heterocycles. The monoisotopic (exact) mass is 254 g/mol. The highest BCUT2D eigenvalue weighted by atomic mass is 19.1. The molecule has 0 bridgehead atoms. The van der Waals surface area contributed by atoms with E-state index in [0.29, 0.717) is 24.0 Å². The van der Waals surface area contributed by atoms with Crippen LogP contribution in [0.25, 0.3) is 0 Å². The van der Waals surface area contributed by atoms with Crippen molar-refractivity contribution in [2.45, 2.75) is 24.9 Å². The number of benzene rings is 1. The fraction of sp³-hybridized carbons (Fsp3) is 0.462. The van der Waals surface area contributed by atoms with Crippen LogP contribution in [0.4, 0.5) is 4.39 Å². The molecular weight excluding hydrogens is 239 g/mol. The number of carboxylic acid groups (broad SMARTS) is 1. The number of methoxy groups -OCH3 is 2. The smallest absolute Gasteiger partial charge is 0.314 e. The fourth-order valence-electron chi connectivity index (χ4n) is 2.20. The van der Waals surface area contributed by atoms with Gasteiger partial charge in [-0.25, -0.2) is 4.39 Å². The van der Waals surface area contributed by atoms with E-state index < -0.39 is 17.2 Å². The molecule has 0 aliphatic heterocycles. The molecule has 1 N–H and O–H groups in total. The lowest BCUT2D eigenvalue weighted by atomic mass is 9.91. The maximum Gasteiger partial charge on any atom is 0.314 e. The summed E-state index contributed by atoms with van der Waals surface area (Å²) in [5.41, 5.74) is 0.215. The van der Waals surface area contributed by atoms with Gasteiger partial charge in [0.1, 0.15) is 0 Å². The van der Waals surface area contributed by atoms with E-state index in [4.69, 9.17) is 9.47 Å². The summed E-state index contributed by atoms with van der Waals surface area (Å²) in [4.78, 5) is 11.3. The maximum atomic E-state index is 13.7. The van der Waals surface area contributed by atoms with Crippen LogP contribution in [0, 0.1) is 5.82 Å². The van der Waals surface area contributed by atoms with Gasteiger partial charge in [0.15, 0.2) is 11.6 Å². The number of ether oxygens (including phenoxy) is 2. The molecule has 0 saturated heterocycles. The van der Waals surface area contributed by atoms with Crippen LogP contribution in [-0.2, 0) is 21.6 Å². The van der Waals surface area contributed by atoms with Gasteiger partial charge in [-0.1, -0.05) is 0 Å². The molecule has 0 unspecified atom stereocenters. The van der Waals surface area contributed by atoms with E-state index in [-0.39, 0.29) is 12.4 Å². The molecule has 0 atom stereocenters. The number of halogens is 1. The predicted octanol–water partition coefficient (Wildman–Crippen LogP) is 2.10. The van der Waals surface area contributed by atoms with Gasteiger partial charge in [-0.3, -0.25) is 4.79 Å². The summed E-state index contributed by atoms with van der Waals surface area (Å²) < 4.78 is 23.7. The van der Waals surface area contributed by atoms with Gasteiger partial charge in [-0.05, 0) is 36.1 Å². The molecule has 5 heteroatoms. The second-order valence-corrected chi connectivity index (χ2v) is 4.46. The van der Waals surface area contributed by atoms with Crippen molar-refractivity contribution in [3.8, 4) is 5.75 Å². The quantitative estimate of drug-likeness (QED) is 0.874. The lowest BCUT2D eigenvalue weighted by Gasteiger charge is -2.17. The van der Waals surface area contributed by atoms with Crippen LogP contribution in [-0.4, -0.2) is 25.3 Å². The Morgan fingerprint density at radius 2 is 2.11 bits per heavy atom. The Balaban J connectivity index is 2.52. The van der Waals surface area contributed by atoms with Gasteiger partial charge >= 0.3 is 5.97 Å². The summed E-state index contributed by atoms with van der Waals surface area (Å²) in [6.07, 6.45) is 1.07. The summed E-state index contributed by atoms with van der Waals surface area (Å²) in [6, 6.07) is 2.77. The highest BCUT2D eigenvalue weighted by Gasteiger charge is 2.53. The molecule has 1 saturated carbocycles. The topological polar surface area (TPSA) is 55.8 Å². The molecule has 0 radical (unpaired) electrons. The van der Waals surface area contributed by atoms with Crippen molar-refractivity contribution in [2.24, 2.45) is 0 Å². The van der Waals surface area contributed by atoms with E-state index in [1.807, 2.05) is 0 Å². The van der Waals surface area contributed by atoms with Crippen molar-refractivity contribution in [3.63, 3.8) is 0 Å². The number of hydrogen-bond acceptors (Lipinski definition) is 3. The molecule has 1 aromatic carbocycles. The minimum atomic E-state index is -0.943. The zero-order valence-electron chi connectivity index (χ0n) is 10.3. The van der Waals surface area contributed by atoms with E-state index in [1.54, 1.807) is 0 Å². The molecule has 0 amide bonds. The molecular formula is C13H15FO4. The lowest BCUT2D eigenvalue weighted by Crippen LogP contribution is -2.22. The summed E-state index contributed by atoms with van der Waals surface area (Å²) in [5, 5.41) is 9.27. The molecule has 2 rings (SSSR count). The van der Waals surface area contributed by atoms with Gasteiger partial charge in [0.05, 0.1) is 19.1 Å². The van der Waals surface area contributed by atoms with E-state index >= 15 is 0 Å². The molecule has 18 heavy (non-hydrogen) atoms. The van der Waals surface area contributed by atoms with E-state index in [0.717, 1.165) is 0 Å². The second-order valence-electron chi connectivity index (χ2n) is 4.46. The van der Waals surface area contributed by atoms with E-state index in [9.17, 15) is 14.3 Å². The van der Waals surface area contributed by atoms with E-state index in [1.165, 1.54) is 26.4 Å². The third-order valence-corrected chi connectivity index (χ3v) is 3.35. The number of aliphatic carboxylic acids is 1. The van der Waals surface area contributed by atoms with Crippen molar-refractivity contribution in [1.82, 2.24) is 0 Å². The average Bonchev–Trinajstić information content (AvgIpc) is 3.12. The first-order valence-electron chi connectivity index (χ1n) is 5.64. The third-order valence-electron chi connectivity index (χ3n) is 3.35. The first-order chi connectivity index (χ1) is 8.55. The standard InChI is InChI=1S/C13H15FO4/c1-17-7-8-5-11(18-2)10(14)6-9(8)13(3-4-13)12(15)16/h5-6H,3-4,7H2,1-2H3,(H,15,16). The van der Waals surface area contributed by atoms with Crippen molar-refractivity contribution in [3.05, 3.63) is 29.1 Å². The first-order valence-corrected chi connectivity index (χ1v) is 5.64. The largest absolute Gasteiger partial charge is 0.494 e. The summed E-state index contributed by atoms with van der Waals surface area (Å²) in [7, 11) is 2.89. The SMILES string of the molecule is COCc1cc(OC)c(F)cc1C1(C(=O)O)CC1. The van der Waals surface area contributed by atoms with Gasteiger partial charge in [0, 0.05) is 7.11 Å². The second kappa shape index (κ2) is 4.57. The van der Waals surface area contributed by atoms with Crippen molar-refractivity contribution in [2.75, 3.05) is 14.2 Å². The Kier molecular flexibility index (Phi) is 3.26. The average molecular weight is 254 g/mol. The number of carbonyl (C=O) groups is 1. The van der Waals surface area contributed by atoms with Crippen LogP contribution < -0.4 is 4.74 Å². The van der Waals surface area contributed by atoms with Crippen LogP contribution in [0.15, 0.2) is 12.1 Å². The summed E-state index contributed by atoms with van der Waals surface area (Å²) in [6.45, 7) is 0.237. The summed E-state index contributed by atoms with van der Waals surface area (Å²) >= 11 is 0. The number of hydrogen-bond donors (Lipinski definition) is 1. The molecule has 0 heterocycles. The first kappa shape index (κ1) is 12.8. The van der Waals surface area contributed by atoms with Crippen LogP contribution in [0.2, 0.25) is 0 Å². The van der Waals surface area contributed by atoms with Gasteiger partial charge in [-0.15, -0.1) is 0 Å². The highest BCUT2D eigenvalue weighted by molar-refractivity contribution is 5.85. The molecule has 1 fully saturated rings. The Labute approximate surface area is 104 Å². The van der Waals surface area contributed by atoms with Crippen LogP contribution in [0.5, 0.6) is 5.75 Å². The molecule has 1 aromatic rings. The van der Waals surface area contributed by atoms with Gasteiger partial charge in [-0.2, -0.15) is 0 Å². The van der Waals surface area contributed by atoms with Crippen LogP contribution >= 0.6 is 0 Å². The highest BCUT2D eigenvalue weighted by Crippen LogP contribution is 2.50. The van der Waals surface area contributed by atoms with Crippen molar-refractivity contribution < 1.29 is 23.8 Å². The maximum absolute atomic E-state index is 13.7. The molecule has 1 aliphatic rings. The van der Waals surface area contributed by atoms with E-state index in [2.05, 4.69) is 0 Å². The van der Waals surface area contributed by atoms with Gasteiger partial charge < -0.3 is 14.6 Å². The molecule has 0 spiro atoms. The Morgan fingerprint density at radius 1 is 1.44 bits per heavy atom. The Morgan fingerprint density at radius 3 is 2.56 bits per heavy atom. The minimum absolute atomic E-state index is 0.104. The molecule has 4 nitrogen and oxygen atoms in total. The van der Waals surface area contributed by atoms with Crippen LogP contribution in [0.3, 0.4) is 0 Å². The number of carboxylic acids is 1. The molecule has 1 aliphatic carbocycles. The Hall–Kier alpha value is -1.62. The lowest BCUT2D eigenvalue weighted by molar-refractivity contribution is -0.140. The number of rotatable bonds is 5.